The Morgan fingerprint density at radius 2 is 1.60 bits per heavy atom. The third-order valence-electron chi connectivity index (χ3n) is 5.21. The number of phenols is 2. The highest BCUT2D eigenvalue weighted by Crippen LogP contribution is 2.34. The van der Waals surface area contributed by atoms with E-state index in [2.05, 4.69) is 23.8 Å². The number of nitrogens with zero attached hydrogens (tertiary/aromatic N) is 2. The molecule has 0 aliphatic heterocycles. The summed E-state index contributed by atoms with van der Waals surface area (Å²) in [6.07, 6.45) is 1.65. The molecule has 3 aromatic carbocycles. The average Bonchev–Trinajstić information content (AvgIpc) is 3.23. The first-order valence-electron chi connectivity index (χ1n) is 9.61. The van der Waals surface area contributed by atoms with Crippen LogP contribution in [-0.2, 0) is 5.41 Å². The Morgan fingerprint density at radius 3 is 2.33 bits per heavy atom. The molecule has 150 valence electrons. The van der Waals surface area contributed by atoms with E-state index in [1.54, 1.807) is 24.4 Å². The van der Waals surface area contributed by atoms with Crippen molar-refractivity contribution in [1.29, 1.82) is 0 Å². The summed E-state index contributed by atoms with van der Waals surface area (Å²) in [5.41, 5.74) is 4.38. The van der Waals surface area contributed by atoms with Crippen molar-refractivity contribution in [1.82, 2.24) is 4.98 Å². The number of aromatic nitrogens is 1. The Morgan fingerprint density at radius 1 is 0.900 bits per heavy atom. The molecule has 2 N–H and O–H groups in total. The fourth-order valence-corrected chi connectivity index (χ4v) is 3.95. The molecule has 1 heterocycles. The largest absolute Gasteiger partial charge is 0.508 e. The smallest absolute Gasteiger partial charge is 0.209 e. The first-order chi connectivity index (χ1) is 14.4. The van der Waals surface area contributed by atoms with E-state index >= 15 is 0 Å². The summed E-state index contributed by atoms with van der Waals surface area (Å²) in [4.78, 5) is 9.05. The Hall–Kier alpha value is -3.44. The summed E-state index contributed by atoms with van der Waals surface area (Å²) in [5, 5.41) is 22.5. The van der Waals surface area contributed by atoms with Crippen molar-refractivity contribution in [3.63, 3.8) is 0 Å². The maximum atomic E-state index is 10.3. The normalized spacial score (nSPS) is 11.8. The summed E-state index contributed by atoms with van der Waals surface area (Å²) in [6.45, 7) is 4.22. The van der Waals surface area contributed by atoms with Gasteiger partial charge in [0.2, 0.25) is 5.13 Å². The predicted molar refractivity (Wildman–Crippen MR) is 123 cm³/mol. The number of aromatic hydroxyl groups is 2. The third-order valence-corrected chi connectivity index (χ3v) is 5.96. The van der Waals surface area contributed by atoms with E-state index < -0.39 is 0 Å². The van der Waals surface area contributed by atoms with Crippen molar-refractivity contribution in [3.05, 3.63) is 94.9 Å². The highest BCUT2D eigenvalue weighted by atomic mass is 32.1. The van der Waals surface area contributed by atoms with Crippen LogP contribution in [0.1, 0.15) is 30.5 Å². The van der Waals surface area contributed by atoms with Gasteiger partial charge in [-0.1, -0.05) is 62.4 Å². The number of benzene rings is 3. The molecule has 30 heavy (non-hydrogen) atoms. The van der Waals surface area contributed by atoms with Gasteiger partial charge in [-0.15, -0.1) is 11.3 Å². The van der Waals surface area contributed by atoms with Crippen LogP contribution >= 0.6 is 11.3 Å². The van der Waals surface area contributed by atoms with Crippen LogP contribution < -0.4 is 0 Å². The number of thiazole rings is 1. The molecule has 0 radical (unpaired) electrons. The van der Waals surface area contributed by atoms with Gasteiger partial charge in [0.1, 0.15) is 11.5 Å². The molecule has 4 rings (SSSR count). The molecule has 4 aromatic rings. The number of aliphatic imine (C=N–C) groups is 1. The Kier molecular flexibility index (Phi) is 5.38. The zero-order chi connectivity index (χ0) is 21.1. The van der Waals surface area contributed by atoms with Crippen LogP contribution in [0.2, 0.25) is 0 Å². The van der Waals surface area contributed by atoms with Gasteiger partial charge in [0.05, 0.1) is 5.69 Å². The molecular formula is C25H22N2O2S. The zero-order valence-electron chi connectivity index (χ0n) is 16.8. The molecule has 0 aliphatic rings. The van der Waals surface area contributed by atoms with Crippen molar-refractivity contribution in [3.8, 4) is 22.8 Å². The van der Waals surface area contributed by atoms with Gasteiger partial charge in [-0.25, -0.2) is 9.98 Å². The molecule has 0 bridgehead atoms. The van der Waals surface area contributed by atoms with Crippen LogP contribution in [0, 0.1) is 0 Å². The van der Waals surface area contributed by atoms with Gasteiger partial charge in [0.15, 0.2) is 0 Å². The van der Waals surface area contributed by atoms with E-state index in [1.165, 1.54) is 11.3 Å². The van der Waals surface area contributed by atoms with E-state index in [9.17, 15) is 10.2 Å². The molecule has 0 spiro atoms. The molecule has 0 aliphatic carbocycles. The van der Waals surface area contributed by atoms with Crippen molar-refractivity contribution in [2.75, 3.05) is 0 Å². The lowest BCUT2D eigenvalue weighted by Crippen LogP contribution is -2.19. The first kappa shape index (κ1) is 19.9. The number of phenolic OH excluding ortho intramolecular Hbond substituents is 2. The minimum absolute atomic E-state index is 0.170. The predicted octanol–water partition coefficient (Wildman–Crippen LogP) is 6.30. The Bertz CT molecular complexity index is 1180. The van der Waals surface area contributed by atoms with E-state index in [0.717, 1.165) is 22.4 Å². The van der Waals surface area contributed by atoms with Crippen LogP contribution in [0.4, 0.5) is 5.13 Å². The summed E-state index contributed by atoms with van der Waals surface area (Å²) >= 11 is 1.46. The van der Waals surface area contributed by atoms with Gasteiger partial charge in [-0.2, -0.15) is 0 Å². The van der Waals surface area contributed by atoms with Gasteiger partial charge in [0, 0.05) is 28.1 Å². The molecule has 0 fully saturated rings. The second kappa shape index (κ2) is 8.13. The quantitative estimate of drug-likeness (QED) is 0.377. The van der Waals surface area contributed by atoms with Crippen molar-refractivity contribution < 1.29 is 10.2 Å². The second-order valence-electron chi connectivity index (χ2n) is 7.59. The minimum Gasteiger partial charge on any atom is -0.508 e. The molecule has 5 heteroatoms. The van der Waals surface area contributed by atoms with Gasteiger partial charge in [0.25, 0.3) is 0 Å². The molecular weight excluding hydrogens is 392 g/mol. The van der Waals surface area contributed by atoms with E-state index in [1.807, 2.05) is 60.0 Å². The highest BCUT2D eigenvalue weighted by Gasteiger charge is 2.24. The standard InChI is InChI=1S/C25H22N2O2S/c1-25(2,19-8-11-21(28)12-9-19)20-10-13-23(29)18(14-20)15-26-24-27-22(16-30-24)17-6-4-3-5-7-17/h3-16,28-29H,1-2H3/b26-15+. The Balaban J connectivity index is 1.61. The third kappa shape index (κ3) is 4.11. The molecule has 0 atom stereocenters. The van der Waals surface area contributed by atoms with Crippen LogP contribution in [-0.4, -0.2) is 21.4 Å². The molecule has 0 saturated carbocycles. The van der Waals surface area contributed by atoms with E-state index in [0.29, 0.717) is 10.7 Å². The molecule has 0 saturated heterocycles. The van der Waals surface area contributed by atoms with E-state index in [4.69, 9.17) is 0 Å². The minimum atomic E-state index is -0.300. The monoisotopic (exact) mass is 414 g/mol. The van der Waals surface area contributed by atoms with Crippen LogP contribution in [0.3, 0.4) is 0 Å². The zero-order valence-corrected chi connectivity index (χ0v) is 17.6. The summed E-state index contributed by atoms with van der Waals surface area (Å²) in [7, 11) is 0. The lowest BCUT2D eigenvalue weighted by atomic mass is 9.77. The summed E-state index contributed by atoms with van der Waals surface area (Å²) < 4.78 is 0. The molecule has 4 nitrogen and oxygen atoms in total. The molecule has 0 amide bonds. The first-order valence-corrected chi connectivity index (χ1v) is 10.5. The lowest BCUT2D eigenvalue weighted by molar-refractivity contribution is 0.473. The van der Waals surface area contributed by atoms with Gasteiger partial charge >= 0.3 is 0 Å². The maximum absolute atomic E-state index is 10.3. The van der Waals surface area contributed by atoms with Crippen LogP contribution in [0.25, 0.3) is 11.3 Å². The fourth-order valence-electron chi connectivity index (χ4n) is 3.28. The summed E-state index contributed by atoms with van der Waals surface area (Å²) in [5.74, 6) is 0.412. The van der Waals surface area contributed by atoms with Crippen LogP contribution in [0.5, 0.6) is 11.5 Å². The lowest BCUT2D eigenvalue weighted by Gasteiger charge is -2.26. The number of hydrogen-bond acceptors (Lipinski definition) is 5. The van der Waals surface area contributed by atoms with Crippen molar-refractivity contribution in [2.24, 2.45) is 4.99 Å². The van der Waals surface area contributed by atoms with E-state index in [-0.39, 0.29) is 16.9 Å². The van der Waals surface area contributed by atoms with Crippen molar-refractivity contribution >= 4 is 22.7 Å². The topological polar surface area (TPSA) is 65.7 Å². The fraction of sp³-hybridized carbons (Fsp3) is 0.120. The maximum Gasteiger partial charge on any atom is 0.209 e. The average molecular weight is 415 g/mol. The number of rotatable bonds is 5. The Labute approximate surface area is 179 Å². The second-order valence-corrected chi connectivity index (χ2v) is 8.42. The van der Waals surface area contributed by atoms with Gasteiger partial charge in [-0.05, 0) is 35.4 Å². The SMILES string of the molecule is CC(C)(c1ccc(O)cc1)c1ccc(O)c(/C=N/c2nc(-c3ccccc3)cs2)c1. The van der Waals surface area contributed by atoms with Crippen molar-refractivity contribution in [2.45, 2.75) is 19.3 Å². The van der Waals surface area contributed by atoms with Crippen LogP contribution in [0.15, 0.2) is 83.2 Å². The number of hydrogen-bond donors (Lipinski definition) is 2. The highest BCUT2D eigenvalue weighted by molar-refractivity contribution is 7.13. The molecule has 1 aromatic heterocycles. The molecule has 0 unspecified atom stereocenters. The summed E-state index contributed by atoms with van der Waals surface area (Å²) in [6, 6.07) is 22.7. The van der Waals surface area contributed by atoms with Gasteiger partial charge < -0.3 is 10.2 Å². The van der Waals surface area contributed by atoms with Gasteiger partial charge in [-0.3, -0.25) is 0 Å².